The van der Waals surface area contributed by atoms with E-state index in [1.165, 1.54) is 6.42 Å². The zero-order valence-corrected chi connectivity index (χ0v) is 15.8. The third-order valence-electron chi connectivity index (χ3n) is 5.82. The minimum absolute atomic E-state index is 0.0810. The molecule has 0 bridgehead atoms. The summed E-state index contributed by atoms with van der Waals surface area (Å²) in [7, 11) is -0.980. The molecule has 1 saturated carbocycles. The highest BCUT2D eigenvalue weighted by Crippen LogP contribution is 2.39. The fourth-order valence-electron chi connectivity index (χ4n) is 3.97. The van der Waals surface area contributed by atoms with E-state index < -0.39 is 10.8 Å². The van der Waals surface area contributed by atoms with Crippen molar-refractivity contribution in [2.75, 3.05) is 29.1 Å². The van der Waals surface area contributed by atoms with Crippen LogP contribution >= 0.6 is 0 Å². The Morgan fingerprint density at radius 3 is 2.81 bits per heavy atom. The SMILES string of the molecule is CC1(Nc2nc(N3CC(c4ccccn4)C3)nc3c2S(=O)CC3)CCC1. The van der Waals surface area contributed by atoms with Crippen molar-refractivity contribution in [2.24, 2.45) is 0 Å². The van der Waals surface area contributed by atoms with Crippen molar-refractivity contribution in [3.63, 3.8) is 0 Å². The van der Waals surface area contributed by atoms with Gasteiger partial charge in [-0.3, -0.25) is 9.19 Å². The van der Waals surface area contributed by atoms with E-state index in [0.717, 1.165) is 60.4 Å². The van der Waals surface area contributed by atoms with Crippen molar-refractivity contribution in [3.05, 3.63) is 35.8 Å². The molecule has 6 nitrogen and oxygen atoms in total. The van der Waals surface area contributed by atoms with Crippen LogP contribution in [0.3, 0.4) is 0 Å². The van der Waals surface area contributed by atoms with Crippen molar-refractivity contribution in [3.8, 4) is 0 Å². The minimum atomic E-state index is -0.980. The summed E-state index contributed by atoms with van der Waals surface area (Å²) in [6.45, 7) is 3.99. The average molecular weight is 369 g/mol. The molecule has 1 atom stereocenters. The molecule has 2 fully saturated rings. The number of nitrogens with one attached hydrogen (secondary N) is 1. The van der Waals surface area contributed by atoms with Crippen LogP contribution in [0.4, 0.5) is 11.8 Å². The number of nitrogens with zero attached hydrogens (tertiary/aromatic N) is 4. The second-order valence-electron chi connectivity index (χ2n) is 7.84. The van der Waals surface area contributed by atoms with E-state index in [1.54, 1.807) is 0 Å². The Kier molecular flexibility index (Phi) is 3.74. The molecule has 2 aromatic heterocycles. The van der Waals surface area contributed by atoms with Gasteiger partial charge in [0, 0.05) is 48.6 Å². The third kappa shape index (κ3) is 2.69. The summed E-state index contributed by atoms with van der Waals surface area (Å²) in [6.07, 6.45) is 6.14. The fourth-order valence-corrected chi connectivity index (χ4v) is 5.28. The lowest BCUT2D eigenvalue weighted by Crippen LogP contribution is -2.47. The summed E-state index contributed by atoms with van der Waals surface area (Å²) in [4.78, 5) is 17.1. The van der Waals surface area contributed by atoms with Gasteiger partial charge in [-0.2, -0.15) is 4.98 Å². The first-order valence-corrected chi connectivity index (χ1v) is 10.7. The number of fused-ring (bicyclic) bond motifs is 1. The zero-order valence-electron chi connectivity index (χ0n) is 14.9. The molecule has 5 rings (SSSR count). The standard InChI is InChI=1S/C19H23N5OS/c1-19(7-4-8-19)23-17-16-15(6-10-26(16)25)21-18(22-17)24-11-13(12-24)14-5-2-3-9-20-14/h2-3,5,9,13H,4,6-8,10-12H2,1H3,(H,21,22,23). The van der Waals surface area contributed by atoms with Crippen LogP contribution in [0.1, 0.15) is 43.5 Å². The molecule has 3 aliphatic rings. The first kappa shape index (κ1) is 16.2. The van der Waals surface area contributed by atoms with Gasteiger partial charge in [-0.05, 0) is 38.3 Å². The predicted molar refractivity (Wildman–Crippen MR) is 102 cm³/mol. The maximum Gasteiger partial charge on any atom is 0.227 e. The minimum Gasteiger partial charge on any atom is -0.364 e. The molecule has 7 heteroatoms. The summed E-state index contributed by atoms with van der Waals surface area (Å²) < 4.78 is 12.4. The van der Waals surface area contributed by atoms with Crippen LogP contribution in [0.25, 0.3) is 0 Å². The lowest BCUT2D eigenvalue weighted by atomic mass is 9.78. The van der Waals surface area contributed by atoms with Gasteiger partial charge in [0.1, 0.15) is 10.7 Å². The van der Waals surface area contributed by atoms with Crippen molar-refractivity contribution < 1.29 is 4.21 Å². The summed E-state index contributed by atoms with van der Waals surface area (Å²) in [5.74, 6) is 2.66. The van der Waals surface area contributed by atoms with Gasteiger partial charge in [-0.1, -0.05) is 6.07 Å². The Hall–Kier alpha value is -2.02. The van der Waals surface area contributed by atoms with Crippen LogP contribution in [-0.4, -0.2) is 43.5 Å². The van der Waals surface area contributed by atoms with Crippen LogP contribution in [0.2, 0.25) is 0 Å². The average Bonchev–Trinajstić information content (AvgIpc) is 2.94. The second-order valence-corrected chi connectivity index (χ2v) is 9.35. The monoisotopic (exact) mass is 369 g/mol. The highest BCUT2D eigenvalue weighted by molar-refractivity contribution is 7.85. The van der Waals surface area contributed by atoms with E-state index in [0.29, 0.717) is 11.7 Å². The van der Waals surface area contributed by atoms with Gasteiger partial charge < -0.3 is 10.2 Å². The van der Waals surface area contributed by atoms with E-state index in [2.05, 4.69) is 28.2 Å². The number of aryl methyl sites for hydroxylation is 1. The molecule has 4 heterocycles. The Labute approximate surface area is 155 Å². The molecule has 0 radical (unpaired) electrons. The first-order chi connectivity index (χ1) is 12.6. The number of aromatic nitrogens is 3. The van der Waals surface area contributed by atoms with Crippen LogP contribution in [-0.2, 0) is 17.2 Å². The number of hydrogen-bond donors (Lipinski definition) is 1. The smallest absolute Gasteiger partial charge is 0.227 e. The predicted octanol–water partition coefficient (Wildman–Crippen LogP) is 2.49. The van der Waals surface area contributed by atoms with Crippen molar-refractivity contribution >= 4 is 22.6 Å². The van der Waals surface area contributed by atoms with Crippen molar-refractivity contribution in [1.29, 1.82) is 0 Å². The van der Waals surface area contributed by atoms with Crippen LogP contribution < -0.4 is 10.2 Å². The maximum atomic E-state index is 12.4. The maximum absolute atomic E-state index is 12.4. The van der Waals surface area contributed by atoms with E-state index in [4.69, 9.17) is 9.97 Å². The molecular formula is C19H23N5OS. The molecule has 2 aliphatic heterocycles. The van der Waals surface area contributed by atoms with Crippen molar-refractivity contribution in [1.82, 2.24) is 15.0 Å². The van der Waals surface area contributed by atoms with E-state index >= 15 is 0 Å². The van der Waals surface area contributed by atoms with Gasteiger partial charge in [-0.25, -0.2) is 4.98 Å². The molecule has 0 aromatic carbocycles. The first-order valence-electron chi connectivity index (χ1n) is 9.35. The quantitative estimate of drug-likeness (QED) is 0.893. The number of pyridine rings is 1. The van der Waals surface area contributed by atoms with Gasteiger partial charge in [0.05, 0.1) is 16.5 Å². The summed E-state index contributed by atoms with van der Waals surface area (Å²) in [5.41, 5.74) is 2.17. The number of rotatable bonds is 4. The van der Waals surface area contributed by atoms with Crippen LogP contribution in [0, 0.1) is 0 Å². The van der Waals surface area contributed by atoms with Crippen LogP contribution in [0.15, 0.2) is 29.3 Å². The summed E-state index contributed by atoms with van der Waals surface area (Å²) >= 11 is 0. The largest absolute Gasteiger partial charge is 0.364 e. The molecule has 0 amide bonds. The number of anilines is 2. The molecule has 1 aliphatic carbocycles. The van der Waals surface area contributed by atoms with Gasteiger partial charge in [0.15, 0.2) is 0 Å². The lowest BCUT2D eigenvalue weighted by Gasteiger charge is -2.41. The fraction of sp³-hybridized carbons (Fsp3) is 0.526. The molecule has 1 saturated heterocycles. The molecule has 1 N–H and O–H groups in total. The van der Waals surface area contributed by atoms with E-state index in [-0.39, 0.29) is 5.54 Å². The summed E-state index contributed by atoms with van der Waals surface area (Å²) in [5, 5.41) is 3.59. The molecule has 1 unspecified atom stereocenters. The van der Waals surface area contributed by atoms with Gasteiger partial charge in [0.2, 0.25) is 5.95 Å². The Bertz CT molecular complexity index is 862. The Morgan fingerprint density at radius 2 is 2.12 bits per heavy atom. The molecule has 26 heavy (non-hydrogen) atoms. The Morgan fingerprint density at radius 1 is 1.27 bits per heavy atom. The van der Waals surface area contributed by atoms with Crippen molar-refractivity contribution in [2.45, 2.75) is 49.0 Å². The zero-order chi connectivity index (χ0) is 17.7. The molecule has 0 spiro atoms. The summed E-state index contributed by atoms with van der Waals surface area (Å²) in [6, 6.07) is 6.06. The van der Waals surface area contributed by atoms with Gasteiger partial charge >= 0.3 is 0 Å². The lowest BCUT2D eigenvalue weighted by molar-refractivity contribution is 0.305. The Balaban J connectivity index is 1.41. The molecule has 2 aromatic rings. The molecule has 136 valence electrons. The highest BCUT2D eigenvalue weighted by atomic mass is 32.2. The third-order valence-corrected chi connectivity index (χ3v) is 7.28. The van der Waals surface area contributed by atoms with E-state index in [9.17, 15) is 4.21 Å². The number of hydrogen-bond acceptors (Lipinski definition) is 6. The second kappa shape index (κ2) is 6.01. The normalized spacial score (nSPS) is 23.9. The highest BCUT2D eigenvalue weighted by Gasteiger charge is 2.37. The van der Waals surface area contributed by atoms with Gasteiger partial charge in [-0.15, -0.1) is 0 Å². The van der Waals surface area contributed by atoms with E-state index in [1.807, 2.05) is 18.3 Å². The topological polar surface area (TPSA) is 71.0 Å². The van der Waals surface area contributed by atoms with Gasteiger partial charge in [0.25, 0.3) is 0 Å². The molecular weight excluding hydrogens is 346 g/mol. The van der Waals surface area contributed by atoms with Crippen LogP contribution in [0.5, 0.6) is 0 Å².